The first-order chi connectivity index (χ1) is 12.6. The predicted octanol–water partition coefficient (Wildman–Crippen LogP) is 4.76. The summed E-state index contributed by atoms with van der Waals surface area (Å²) < 4.78 is 10.3. The van der Waals surface area contributed by atoms with Crippen LogP contribution in [0.2, 0.25) is 0 Å². The Morgan fingerprint density at radius 2 is 1.69 bits per heavy atom. The molecular weight excluding hydrogens is 348 g/mol. The lowest BCUT2D eigenvalue weighted by Gasteiger charge is -2.28. The minimum absolute atomic E-state index is 0.219. The summed E-state index contributed by atoms with van der Waals surface area (Å²) in [6, 6.07) is 9.82. The molecule has 0 N–H and O–H groups in total. The summed E-state index contributed by atoms with van der Waals surface area (Å²) in [5.41, 5.74) is 0. The highest BCUT2D eigenvalue weighted by Crippen LogP contribution is 2.51. The van der Waals surface area contributed by atoms with Crippen LogP contribution in [-0.2, 0) is 19.1 Å². The van der Waals surface area contributed by atoms with Gasteiger partial charge in [-0.3, -0.25) is 4.79 Å². The molecule has 26 heavy (non-hydrogen) atoms. The van der Waals surface area contributed by atoms with E-state index in [9.17, 15) is 9.59 Å². The Morgan fingerprint density at radius 3 is 2.42 bits per heavy atom. The second-order valence-electron chi connectivity index (χ2n) is 7.41. The lowest BCUT2D eigenvalue weighted by Crippen LogP contribution is -2.40. The summed E-state index contributed by atoms with van der Waals surface area (Å²) >= 11 is 1.49. The molecule has 3 rings (SSSR count). The van der Waals surface area contributed by atoms with Gasteiger partial charge in [-0.15, -0.1) is 11.8 Å². The van der Waals surface area contributed by atoms with Crippen molar-refractivity contribution in [3.8, 4) is 0 Å². The maximum Gasteiger partial charge on any atom is 0.348 e. The fourth-order valence-corrected chi connectivity index (χ4v) is 5.30. The molecule has 0 bridgehead atoms. The monoisotopic (exact) mass is 376 g/mol. The quantitative estimate of drug-likeness (QED) is 0.460. The first kappa shape index (κ1) is 19.3. The third-order valence-corrected chi connectivity index (χ3v) is 6.79. The van der Waals surface area contributed by atoms with Crippen LogP contribution < -0.4 is 0 Å². The van der Waals surface area contributed by atoms with E-state index in [1.54, 1.807) is 0 Å². The van der Waals surface area contributed by atoms with Crippen LogP contribution in [0.4, 0.5) is 0 Å². The van der Waals surface area contributed by atoms with E-state index in [0.717, 1.165) is 24.2 Å². The van der Waals surface area contributed by atoms with E-state index in [1.807, 2.05) is 37.3 Å². The zero-order valence-electron chi connectivity index (χ0n) is 15.6. The van der Waals surface area contributed by atoms with Gasteiger partial charge in [0.2, 0.25) is 6.10 Å². The van der Waals surface area contributed by atoms with Crippen molar-refractivity contribution in [1.82, 2.24) is 0 Å². The molecule has 4 atom stereocenters. The molecule has 0 spiro atoms. The fourth-order valence-electron chi connectivity index (χ4n) is 3.97. The molecule has 0 saturated carbocycles. The number of rotatable bonds is 9. The third-order valence-electron chi connectivity index (χ3n) is 5.42. The van der Waals surface area contributed by atoms with Gasteiger partial charge < -0.3 is 9.47 Å². The summed E-state index contributed by atoms with van der Waals surface area (Å²) in [6.07, 6.45) is 6.98. The Kier molecular flexibility index (Phi) is 6.28. The summed E-state index contributed by atoms with van der Waals surface area (Å²) in [6.45, 7) is 4.11. The highest BCUT2D eigenvalue weighted by molar-refractivity contribution is 8.01. The maximum absolute atomic E-state index is 12.6. The topological polar surface area (TPSA) is 52.6 Å². The Bertz CT molecular complexity index is 632. The number of esters is 2. The van der Waals surface area contributed by atoms with Gasteiger partial charge in [-0.1, -0.05) is 57.2 Å². The Labute approximate surface area is 160 Å². The Morgan fingerprint density at radius 1 is 1.00 bits per heavy atom. The normalized spacial score (nSPS) is 30.2. The first-order valence-corrected chi connectivity index (χ1v) is 10.5. The minimum atomic E-state index is -0.787. The minimum Gasteiger partial charge on any atom is -0.459 e. The fraction of sp³-hybridized carbons (Fsp3) is 0.619. The van der Waals surface area contributed by atoms with Crippen molar-refractivity contribution >= 4 is 23.7 Å². The molecule has 2 aliphatic heterocycles. The first-order valence-electron chi connectivity index (χ1n) is 9.72. The third kappa shape index (κ3) is 3.93. The molecule has 2 aliphatic rings. The summed E-state index contributed by atoms with van der Waals surface area (Å²) in [5, 5.41) is 0. The van der Waals surface area contributed by atoms with E-state index in [1.165, 1.54) is 37.4 Å². The molecule has 1 aromatic rings. The van der Waals surface area contributed by atoms with Crippen molar-refractivity contribution in [3.05, 3.63) is 30.3 Å². The van der Waals surface area contributed by atoms with Gasteiger partial charge in [-0.05, 0) is 31.9 Å². The number of unbranched alkanes of at least 4 members (excludes halogenated alkanes) is 5. The molecule has 2 saturated heterocycles. The number of benzene rings is 1. The average molecular weight is 377 g/mol. The number of thioether (sulfide) groups is 1. The number of carbonyl (C=O) groups excluding carboxylic acids is 2. The Balaban J connectivity index is 1.66. The summed E-state index contributed by atoms with van der Waals surface area (Å²) in [4.78, 5) is 25.8. The van der Waals surface area contributed by atoms with Crippen molar-refractivity contribution in [2.24, 2.45) is 5.92 Å². The van der Waals surface area contributed by atoms with Gasteiger partial charge in [0.25, 0.3) is 0 Å². The largest absolute Gasteiger partial charge is 0.459 e. The van der Waals surface area contributed by atoms with E-state index in [2.05, 4.69) is 6.92 Å². The maximum atomic E-state index is 12.6. The molecule has 0 aliphatic carbocycles. The Hall–Kier alpha value is -1.49. The molecule has 2 fully saturated rings. The number of carbonyl (C=O) groups is 2. The van der Waals surface area contributed by atoms with Gasteiger partial charge in [-0.2, -0.15) is 0 Å². The molecule has 0 aromatic heterocycles. The predicted molar refractivity (Wildman–Crippen MR) is 102 cm³/mol. The number of hydrogen-bond donors (Lipinski definition) is 0. The highest BCUT2D eigenvalue weighted by atomic mass is 32.2. The molecule has 0 radical (unpaired) electrons. The van der Waals surface area contributed by atoms with Gasteiger partial charge in [0.05, 0.1) is 5.92 Å². The average Bonchev–Trinajstić information content (AvgIpc) is 3.07. The molecule has 5 heteroatoms. The van der Waals surface area contributed by atoms with E-state index in [0.29, 0.717) is 0 Å². The van der Waals surface area contributed by atoms with Crippen LogP contribution in [0.15, 0.2) is 35.2 Å². The van der Waals surface area contributed by atoms with Crippen molar-refractivity contribution < 1.29 is 19.1 Å². The van der Waals surface area contributed by atoms with Gasteiger partial charge >= 0.3 is 11.9 Å². The van der Waals surface area contributed by atoms with E-state index >= 15 is 0 Å². The number of cyclic esters (lactones) is 1. The van der Waals surface area contributed by atoms with Crippen molar-refractivity contribution in [1.29, 1.82) is 0 Å². The standard InChI is InChI=1S/C21H28O4S/c1-3-4-5-6-7-11-14-16-17-18(19(22)24-16)25-20(23)21(17,2)26-15-12-9-8-10-13-15/h8-10,12-13,16-18H,3-7,11,14H2,1-2H3/t16-,17+,18+,21+/m0/s1. The molecule has 142 valence electrons. The number of fused-ring (bicyclic) bond motifs is 1. The second-order valence-corrected chi connectivity index (χ2v) is 8.93. The lowest BCUT2D eigenvalue weighted by molar-refractivity contribution is -0.158. The van der Waals surface area contributed by atoms with Crippen LogP contribution in [0.5, 0.6) is 0 Å². The molecule has 1 aromatic carbocycles. The molecular formula is C21H28O4S. The second kappa shape index (κ2) is 8.47. The number of hydrogen-bond acceptors (Lipinski definition) is 5. The van der Waals surface area contributed by atoms with Crippen LogP contribution in [-0.4, -0.2) is 28.9 Å². The van der Waals surface area contributed by atoms with Crippen LogP contribution in [0.3, 0.4) is 0 Å². The van der Waals surface area contributed by atoms with Crippen molar-refractivity contribution in [2.75, 3.05) is 0 Å². The number of ether oxygens (including phenoxy) is 2. The van der Waals surface area contributed by atoms with Gasteiger partial charge in [0.15, 0.2) is 0 Å². The van der Waals surface area contributed by atoms with Crippen molar-refractivity contribution in [3.63, 3.8) is 0 Å². The van der Waals surface area contributed by atoms with Crippen molar-refractivity contribution in [2.45, 2.75) is 80.6 Å². The smallest absolute Gasteiger partial charge is 0.348 e. The van der Waals surface area contributed by atoms with Gasteiger partial charge in [0, 0.05) is 4.90 Å². The van der Waals surface area contributed by atoms with Crippen LogP contribution >= 0.6 is 11.8 Å². The van der Waals surface area contributed by atoms with E-state index in [4.69, 9.17) is 9.47 Å². The van der Waals surface area contributed by atoms with E-state index < -0.39 is 10.9 Å². The molecule has 0 unspecified atom stereocenters. The highest BCUT2D eigenvalue weighted by Gasteiger charge is 2.65. The molecule has 4 nitrogen and oxygen atoms in total. The summed E-state index contributed by atoms with van der Waals surface area (Å²) in [7, 11) is 0. The molecule has 0 amide bonds. The van der Waals surface area contributed by atoms with Crippen LogP contribution in [0, 0.1) is 5.92 Å². The lowest BCUT2D eigenvalue weighted by atomic mass is 9.85. The zero-order valence-corrected chi connectivity index (χ0v) is 16.4. The van der Waals surface area contributed by atoms with Crippen LogP contribution in [0.1, 0.15) is 58.8 Å². The van der Waals surface area contributed by atoms with E-state index in [-0.39, 0.29) is 24.0 Å². The summed E-state index contributed by atoms with van der Waals surface area (Å²) in [5.74, 6) is -0.897. The SMILES string of the molecule is CCCCCCCC[C@@H]1OC(=O)[C@@H]2OC(=O)[C@](C)(Sc3ccccc3)[C@H]12. The zero-order chi connectivity index (χ0) is 18.6. The van der Waals surface area contributed by atoms with Crippen LogP contribution in [0.25, 0.3) is 0 Å². The van der Waals surface area contributed by atoms with Gasteiger partial charge in [0.1, 0.15) is 10.9 Å². The van der Waals surface area contributed by atoms with Gasteiger partial charge in [-0.25, -0.2) is 4.79 Å². The molecule has 2 heterocycles.